The van der Waals surface area contributed by atoms with Gasteiger partial charge in [-0.1, -0.05) is 23.2 Å². The first-order valence-corrected chi connectivity index (χ1v) is 16.8. The van der Waals surface area contributed by atoms with Gasteiger partial charge in [0, 0.05) is 36.1 Å². The van der Waals surface area contributed by atoms with E-state index in [-0.39, 0.29) is 68.0 Å². The van der Waals surface area contributed by atoms with Crippen LogP contribution in [-0.4, -0.2) is 64.3 Å². The fourth-order valence-corrected chi connectivity index (χ4v) is 5.99. The van der Waals surface area contributed by atoms with E-state index < -0.39 is 62.5 Å². The maximum absolute atomic E-state index is 14.2. The van der Waals surface area contributed by atoms with Crippen molar-refractivity contribution in [3.63, 3.8) is 0 Å². The summed E-state index contributed by atoms with van der Waals surface area (Å²) < 4.78 is 68.3. The fourth-order valence-electron chi connectivity index (χ4n) is 4.55. The molecule has 1 aliphatic carbocycles. The van der Waals surface area contributed by atoms with Crippen LogP contribution in [0.15, 0.2) is 40.0 Å². The predicted molar refractivity (Wildman–Crippen MR) is 165 cm³/mol. The number of hydrogen-bond acceptors (Lipinski definition) is 9. The van der Waals surface area contributed by atoms with E-state index in [0.29, 0.717) is 11.1 Å². The number of nitrogens with zero attached hydrogens (tertiary/aromatic N) is 3. The molecule has 0 saturated heterocycles. The Morgan fingerprint density at radius 3 is 2.19 bits per heavy atom. The maximum Gasteiger partial charge on any atom is 0.355 e. The molecule has 4 rings (SSSR count). The number of sulfone groups is 1. The molecule has 11 nitrogen and oxygen atoms in total. The number of ether oxygens (including phenoxy) is 1. The summed E-state index contributed by atoms with van der Waals surface area (Å²) in [6.07, 6.45) is 1.76. The van der Waals surface area contributed by atoms with E-state index in [1.54, 1.807) is 6.92 Å². The Morgan fingerprint density at radius 1 is 1.06 bits per heavy atom. The van der Waals surface area contributed by atoms with Gasteiger partial charge in [0.25, 0.3) is 0 Å². The summed E-state index contributed by atoms with van der Waals surface area (Å²) in [5.74, 6) is -4.69. The van der Waals surface area contributed by atoms with Gasteiger partial charge in [0.15, 0.2) is 33.0 Å². The number of benzene rings is 2. The van der Waals surface area contributed by atoms with Gasteiger partial charge < -0.3 is 4.74 Å². The molecular formula is C29H27Cl3F3N3O8S. The summed E-state index contributed by atoms with van der Waals surface area (Å²) >= 11 is 17.8. The van der Waals surface area contributed by atoms with Crippen LogP contribution in [0.5, 0.6) is 0 Å². The Kier molecular flexibility index (Phi) is 12.6. The van der Waals surface area contributed by atoms with Crippen molar-refractivity contribution in [2.45, 2.75) is 56.4 Å². The van der Waals surface area contributed by atoms with E-state index in [4.69, 9.17) is 39.5 Å². The van der Waals surface area contributed by atoms with Crippen molar-refractivity contribution in [2.24, 2.45) is 5.92 Å². The fraction of sp³-hybridized carbons (Fsp3) is 0.379. The number of Topliss-reactive ketones (excluding diaryl/α,β-unsaturated/α-hetero) is 3. The van der Waals surface area contributed by atoms with E-state index >= 15 is 0 Å². The van der Waals surface area contributed by atoms with Gasteiger partial charge in [-0.2, -0.15) is 13.5 Å². The predicted octanol–water partition coefficient (Wildman–Crippen LogP) is 5.11. The Hall–Kier alpha value is -3.53. The molecular weight excluding hydrogens is 714 g/mol. The van der Waals surface area contributed by atoms with Crippen LogP contribution < -0.4 is 5.69 Å². The standard InChI is InChI=1S/C15H14Cl2F3N3O3.C14H13ClO5S/c1-3-26-13(24)10(17)4-8-5-12(11(18)6-9(8)16)23-15(25)22(14(19)20)7(2)21-23;1-21(19,20)8-5-6-9(10(15)7-8)14(18)13-11(16)3-2-4-12(13)17/h5-6,10,14H,3-4H2,1-2H3;5-7,13H,2-4H2,1H3. The van der Waals surface area contributed by atoms with E-state index in [9.17, 15) is 45.6 Å². The number of aryl methyl sites for hydroxylation is 1. The van der Waals surface area contributed by atoms with E-state index in [1.807, 2.05) is 0 Å². The summed E-state index contributed by atoms with van der Waals surface area (Å²) in [5.41, 5.74) is -1.37. The number of carbonyl (C=O) groups excluding carboxylic acids is 4. The van der Waals surface area contributed by atoms with Crippen molar-refractivity contribution in [3.05, 3.63) is 73.6 Å². The molecule has 0 radical (unpaired) electrons. The van der Waals surface area contributed by atoms with Gasteiger partial charge in [-0.3, -0.25) is 19.2 Å². The number of alkyl halides is 3. The highest BCUT2D eigenvalue weighted by molar-refractivity contribution is 7.90. The summed E-state index contributed by atoms with van der Waals surface area (Å²) in [6.45, 7) is -0.195. The van der Waals surface area contributed by atoms with Crippen molar-refractivity contribution >= 4 is 68.0 Å². The summed E-state index contributed by atoms with van der Waals surface area (Å²) in [5, 5.41) is 2.44. The van der Waals surface area contributed by atoms with Crippen LogP contribution in [0, 0.1) is 18.7 Å². The molecule has 0 aliphatic heterocycles. The van der Waals surface area contributed by atoms with Crippen molar-refractivity contribution in [1.29, 1.82) is 0 Å². The highest BCUT2D eigenvalue weighted by Gasteiger charge is 2.37. The number of rotatable bonds is 9. The third kappa shape index (κ3) is 8.89. The molecule has 2 aromatic carbocycles. The Morgan fingerprint density at radius 2 is 1.68 bits per heavy atom. The molecule has 1 aromatic heterocycles. The molecule has 254 valence electrons. The second kappa shape index (κ2) is 15.6. The van der Waals surface area contributed by atoms with E-state index in [2.05, 4.69) is 5.10 Å². The van der Waals surface area contributed by atoms with Crippen LogP contribution in [0.25, 0.3) is 5.69 Å². The van der Waals surface area contributed by atoms with Gasteiger partial charge in [0.05, 0.1) is 16.5 Å². The van der Waals surface area contributed by atoms with Crippen LogP contribution in [0.2, 0.25) is 10.0 Å². The minimum absolute atomic E-state index is 0.00216. The van der Waals surface area contributed by atoms with Crippen molar-refractivity contribution in [3.8, 4) is 5.69 Å². The molecule has 0 N–H and O–H groups in total. The Bertz CT molecular complexity index is 1880. The highest BCUT2D eigenvalue weighted by Crippen LogP contribution is 2.28. The summed E-state index contributed by atoms with van der Waals surface area (Å²) in [7, 11) is -3.44. The molecule has 18 heteroatoms. The topological polar surface area (TPSA) is 151 Å². The molecule has 1 aliphatic rings. The number of aromatic nitrogens is 3. The molecule has 1 saturated carbocycles. The van der Waals surface area contributed by atoms with E-state index in [0.717, 1.165) is 24.5 Å². The van der Waals surface area contributed by atoms with Crippen molar-refractivity contribution in [1.82, 2.24) is 14.3 Å². The maximum atomic E-state index is 14.2. The van der Waals surface area contributed by atoms with Crippen LogP contribution in [-0.2, 0) is 35.4 Å². The molecule has 0 amide bonds. The summed E-state index contributed by atoms with van der Waals surface area (Å²) in [4.78, 5) is 59.6. The number of halogens is 6. The number of ketones is 3. The van der Waals surface area contributed by atoms with Crippen LogP contribution in [0.1, 0.15) is 54.5 Å². The van der Waals surface area contributed by atoms with E-state index in [1.165, 1.54) is 19.1 Å². The third-order valence-corrected chi connectivity index (χ3v) is 8.96. The van der Waals surface area contributed by atoms with Gasteiger partial charge >= 0.3 is 18.2 Å². The molecule has 1 atom stereocenters. The monoisotopic (exact) mass is 739 g/mol. The average molecular weight is 741 g/mol. The lowest BCUT2D eigenvalue weighted by molar-refractivity contribution is -0.142. The zero-order chi connectivity index (χ0) is 35.4. The zero-order valence-electron chi connectivity index (χ0n) is 24.9. The van der Waals surface area contributed by atoms with Gasteiger partial charge in [-0.25, -0.2) is 22.2 Å². The molecule has 3 aromatic rings. The first-order valence-electron chi connectivity index (χ1n) is 13.7. The first-order chi connectivity index (χ1) is 21.9. The Balaban J connectivity index is 0.000000261. The van der Waals surface area contributed by atoms with Crippen LogP contribution in [0.4, 0.5) is 13.2 Å². The minimum Gasteiger partial charge on any atom is -0.465 e. The van der Waals surface area contributed by atoms with Gasteiger partial charge in [-0.15, -0.1) is 16.7 Å². The van der Waals surface area contributed by atoms with Gasteiger partial charge in [-0.05, 0) is 56.2 Å². The third-order valence-electron chi connectivity index (χ3n) is 6.85. The Labute approximate surface area is 281 Å². The zero-order valence-corrected chi connectivity index (χ0v) is 28.0. The summed E-state index contributed by atoms with van der Waals surface area (Å²) in [6, 6.07) is 5.67. The second-order valence-corrected chi connectivity index (χ2v) is 13.6. The van der Waals surface area contributed by atoms with Crippen LogP contribution in [0.3, 0.4) is 0 Å². The number of carbonyl (C=O) groups is 4. The first kappa shape index (κ1) is 37.9. The molecule has 1 heterocycles. The molecule has 1 fully saturated rings. The average Bonchev–Trinajstić information content (AvgIpc) is 3.27. The number of esters is 1. The lowest BCUT2D eigenvalue weighted by Gasteiger charge is -2.18. The van der Waals surface area contributed by atoms with Crippen LogP contribution >= 0.6 is 34.8 Å². The molecule has 1 unspecified atom stereocenters. The quantitative estimate of drug-likeness (QED) is 0.126. The normalized spacial score (nSPS) is 14.5. The van der Waals surface area contributed by atoms with Gasteiger partial charge in [0.1, 0.15) is 22.8 Å². The highest BCUT2D eigenvalue weighted by atomic mass is 35.5. The van der Waals surface area contributed by atoms with Crippen molar-refractivity contribution < 1.29 is 45.5 Å². The smallest absolute Gasteiger partial charge is 0.355 e. The lowest BCUT2D eigenvalue weighted by atomic mass is 9.82. The second-order valence-electron chi connectivity index (χ2n) is 10.2. The SMILES string of the molecule is CCOC(=O)C(Cl)Cc1cc(-n2nc(C)n(C(F)F)c2=O)c(F)cc1Cl.CS(=O)(=O)c1ccc(C(=O)C2C(=O)CCCC2=O)c(Cl)c1. The molecule has 47 heavy (non-hydrogen) atoms. The largest absolute Gasteiger partial charge is 0.465 e. The molecule has 0 spiro atoms. The number of hydrogen-bond donors (Lipinski definition) is 0. The van der Waals surface area contributed by atoms with Crippen molar-refractivity contribution in [2.75, 3.05) is 12.9 Å². The lowest BCUT2D eigenvalue weighted by Crippen LogP contribution is -2.35. The minimum atomic E-state index is -3.44. The van der Waals surface area contributed by atoms with Gasteiger partial charge in [0.2, 0.25) is 0 Å². The molecule has 0 bridgehead atoms.